The second kappa shape index (κ2) is 6.22. The van der Waals surface area contributed by atoms with Crippen molar-refractivity contribution in [2.45, 2.75) is 0 Å². The lowest BCUT2D eigenvalue weighted by atomic mass is 10.1. The van der Waals surface area contributed by atoms with E-state index in [2.05, 4.69) is 83.5 Å². The molecular formula is C18H15IN2S. The zero-order valence-corrected chi connectivity index (χ0v) is 15.1. The molecule has 0 atom stereocenters. The van der Waals surface area contributed by atoms with E-state index in [4.69, 9.17) is 0 Å². The van der Waals surface area contributed by atoms with E-state index in [9.17, 15) is 0 Å². The Hall–Kier alpha value is -1.66. The molecule has 2 nitrogen and oxygen atoms in total. The molecule has 22 heavy (non-hydrogen) atoms. The average Bonchev–Trinajstić information content (AvgIpc) is 3.07. The molecule has 0 bridgehead atoms. The van der Waals surface area contributed by atoms with Crippen LogP contribution in [0.4, 0.5) is 0 Å². The Bertz CT molecular complexity index is 965. The largest absolute Gasteiger partial charge is 1.00 e. The van der Waals surface area contributed by atoms with Crippen LogP contribution in [0, 0.1) is 0 Å². The van der Waals surface area contributed by atoms with Gasteiger partial charge in [0.2, 0.25) is 5.52 Å². The highest BCUT2D eigenvalue weighted by Crippen LogP contribution is 2.23. The normalized spacial score (nSPS) is 11.3. The molecule has 2 aromatic carbocycles. The molecule has 0 fully saturated rings. The van der Waals surface area contributed by atoms with E-state index in [0.29, 0.717) is 0 Å². The first-order chi connectivity index (χ1) is 10.3. The summed E-state index contributed by atoms with van der Waals surface area (Å²) >= 11 is 1.82. The van der Waals surface area contributed by atoms with Gasteiger partial charge in [-0.25, -0.2) is 0 Å². The zero-order chi connectivity index (χ0) is 14.2. The zero-order valence-electron chi connectivity index (χ0n) is 12.1. The molecular weight excluding hydrogens is 403 g/mol. The number of benzene rings is 2. The number of thiazole rings is 1. The molecule has 110 valence electrons. The number of aryl methyl sites for hydroxylation is 1. The van der Waals surface area contributed by atoms with E-state index in [0.717, 1.165) is 0 Å². The first-order valence-electron chi connectivity index (χ1n) is 6.95. The van der Waals surface area contributed by atoms with Gasteiger partial charge in [0.25, 0.3) is 5.01 Å². The fourth-order valence-corrected chi connectivity index (χ4v) is 3.71. The number of hydrogen-bond acceptors (Lipinski definition) is 1. The first-order valence-corrected chi connectivity index (χ1v) is 7.76. The molecule has 0 radical (unpaired) electrons. The Morgan fingerprint density at radius 3 is 2.64 bits per heavy atom. The van der Waals surface area contributed by atoms with Crippen molar-refractivity contribution in [3.63, 3.8) is 0 Å². The van der Waals surface area contributed by atoms with Crippen molar-refractivity contribution in [3.8, 4) is 0 Å². The summed E-state index contributed by atoms with van der Waals surface area (Å²) < 4.78 is 3.56. The van der Waals surface area contributed by atoms with Gasteiger partial charge < -0.3 is 29.0 Å². The number of para-hydroxylation sites is 2. The Morgan fingerprint density at radius 2 is 1.77 bits per heavy atom. The summed E-state index contributed by atoms with van der Waals surface area (Å²) in [7, 11) is 2.12. The second-order valence-corrected chi connectivity index (χ2v) is 6.15. The van der Waals surface area contributed by atoms with E-state index < -0.39 is 0 Å². The van der Waals surface area contributed by atoms with Gasteiger partial charge in [-0.1, -0.05) is 41.7 Å². The number of aromatic nitrogens is 2. The predicted octanol–water partition coefficient (Wildman–Crippen LogP) is 1.38. The molecule has 0 spiro atoms. The Balaban J connectivity index is 0.00000144. The van der Waals surface area contributed by atoms with E-state index >= 15 is 0 Å². The van der Waals surface area contributed by atoms with Gasteiger partial charge in [-0.05, 0) is 18.2 Å². The molecule has 0 saturated carbocycles. The van der Waals surface area contributed by atoms with Crippen LogP contribution >= 0.6 is 11.3 Å². The maximum atomic E-state index is 3.31. The van der Waals surface area contributed by atoms with Crippen LogP contribution in [0.5, 0.6) is 0 Å². The number of H-pyrrole nitrogens is 1. The molecule has 0 amide bonds. The number of rotatable bonds is 2. The Labute approximate surface area is 150 Å². The van der Waals surface area contributed by atoms with E-state index in [1.165, 1.54) is 31.7 Å². The molecule has 0 aliphatic carbocycles. The van der Waals surface area contributed by atoms with Crippen molar-refractivity contribution in [2.24, 2.45) is 7.05 Å². The minimum absolute atomic E-state index is 0. The minimum atomic E-state index is 0. The predicted molar refractivity (Wildman–Crippen MR) is 90.2 cm³/mol. The van der Waals surface area contributed by atoms with Crippen molar-refractivity contribution in [1.29, 1.82) is 0 Å². The Morgan fingerprint density at radius 1 is 1.00 bits per heavy atom. The van der Waals surface area contributed by atoms with Crippen molar-refractivity contribution in [1.82, 2.24) is 4.98 Å². The Kier molecular flexibility index (Phi) is 4.31. The van der Waals surface area contributed by atoms with Gasteiger partial charge in [-0.3, -0.25) is 0 Å². The topological polar surface area (TPSA) is 19.7 Å². The quantitative estimate of drug-likeness (QED) is 0.375. The monoisotopic (exact) mass is 418 g/mol. The van der Waals surface area contributed by atoms with Crippen molar-refractivity contribution in [2.75, 3.05) is 0 Å². The fourth-order valence-electron chi connectivity index (χ4n) is 2.66. The van der Waals surface area contributed by atoms with Crippen molar-refractivity contribution in [3.05, 3.63) is 65.3 Å². The number of nitrogens with one attached hydrogen (secondary N) is 1. The number of nitrogens with zero attached hydrogens (tertiary/aromatic N) is 1. The molecule has 0 unspecified atom stereocenters. The average molecular weight is 418 g/mol. The molecule has 0 aliphatic rings. The maximum Gasteiger partial charge on any atom is 0.262 e. The van der Waals surface area contributed by atoms with Gasteiger partial charge >= 0.3 is 0 Å². The summed E-state index contributed by atoms with van der Waals surface area (Å²) in [5.74, 6) is 0. The van der Waals surface area contributed by atoms with Crippen molar-refractivity contribution >= 4 is 44.6 Å². The summed E-state index contributed by atoms with van der Waals surface area (Å²) in [5, 5.41) is 2.51. The molecule has 0 aliphatic heterocycles. The van der Waals surface area contributed by atoms with Crippen LogP contribution in [0.3, 0.4) is 0 Å². The fraction of sp³-hybridized carbons (Fsp3) is 0.0556. The van der Waals surface area contributed by atoms with Crippen molar-refractivity contribution < 1.29 is 28.5 Å². The van der Waals surface area contributed by atoms with Crippen LogP contribution in [0.15, 0.2) is 54.7 Å². The summed E-state index contributed by atoms with van der Waals surface area (Å²) in [5.41, 5.74) is 3.68. The first kappa shape index (κ1) is 15.2. The van der Waals surface area contributed by atoms with Crippen LogP contribution in [0.25, 0.3) is 33.3 Å². The van der Waals surface area contributed by atoms with Gasteiger partial charge in [0.15, 0.2) is 0 Å². The molecule has 0 saturated heterocycles. The number of halogens is 1. The van der Waals surface area contributed by atoms with E-state index in [-0.39, 0.29) is 24.0 Å². The highest BCUT2D eigenvalue weighted by molar-refractivity contribution is 7.18. The van der Waals surface area contributed by atoms with Crippen LogP contribution in [0.1, 0.15) is 10.6 Å². The van der Waals surface area contributed by atoms with Crippen LogP contribution in [0.2, 0.25) is 0 Å². The summed E-state index contributed by atoms with van der Waals surface area (Å²) in [6.07, 6.45) is 6.44. The van der Waals surface area contributed by atoms with Gasteiger partial charge in [0.1, 0.15) is 11.7 Å². The summed E-state index contributed by atoms with van der Waals surface area (Å²) in [6.45, 7) is 0. The summed E-state index contributed by atoms with van der Waals surface area (Å²) in [4.78, 5) is 3.31. The number of hydrogen-bond donors (Lipinski definition) is 1. The number of fused-ring (bicyclic) bond motifs is 2. The molecule has 4 heteroatoms. The lowest BCUT2D eigenvalue weighted by Gasteiger charge is -1.90. The van der Waals surface area contributed by atoms with E-state index in [1.54, 1.807) is 0 Å². The minimum Gasteiger partial charge on any atom is -1.00 e. The van der Waals surface area contributed by atoms with Gasteiger partial charge in [0, 0.05) is 34.8 Å². The second-order valence-electron chi connectivity index (χ2n) is 5.09. The third-order valence-electron chi connectivity index (χ3n) is 3.80. The third-order valence-corrected chi connectivity index (χ3v) is 4.98. The molecule has 4 aromatic rings. The third kappa shape index (κ3) is 2.57. The van der Waals surface area contributed by atoms with Crippen LogP contribution in [-0.4, -0.2) is 4.98 Å². The molecule has 2 heterocycles. The smallest absolute Gasteiger partial charge is 0.262 e. The standard InChI is InChI=1S/C18H14N2S.HI/c1-20-16-8-4-5-9-17(16)21-18(20)11-10-13-12-19-15-7-3-2-6-14(13)15;/h2-12H,1H3;1H. The highest BCUT2D eigenvalue weighted by atomic mass is 127. The van der Waals surface area contributed by atoms with Gasteiger partial charge in [0.05, 0.1) is 0 Å². The summed E-state index contributed by atoms with van der Waals surface area (Å²) in [6, 6.07) is 16.9. The lowest BCUT2D eigenvalue weighted by Crippen LogP contribution is -3.00. The lowest BCUT2D eigenvalue weighted by molar-refractivity contribution is -0.642. The SMILES string of the molecule is C[n+]1c(C=Cc2c[nH]c3ccccc23)sc2ccccc21.[I-]. The maximum absolute atomic E-state index is 3.31. The molecule has 2 aromatic heterocycles. The van der Waals surface area contributed by atoms with E-state index in [1.807, 2.05) is 11.3 Å². The van der Waals surface area contributed by atoms with Gasteiger partial charge in [-0.2, -0.15) is 4.57 Å². The van der Waals surface area contributed by atoms with Gasteiger partial charge in [-0.15, -0.1) is 0 Å². The molecule has 4 rings (SSSR count). The number of aromatic amines is 1. The van der Waals surface area contributed by atoms with Crippen LogP contribution < -0.4 is 28.5 Å². The molecule has 1 N–H and O–H groups in total. The highest BCUT2D eigenvalue weighted by Gasteiger charge is 2.13. The van der Waals surface area contributed by atoms with Crippen LogP contribution in [-0.2, 0) is 7.05 Å².